The molecule has 2 aliphatic rings. The SMILES string of the molecule is CSC1=CC(=[N+]2CCCC2)CC(C)(C)S1. The van der Waals surface area contributed by atoms with Gasteiger partial charge < -0.3 is 0 Å². The molecular formula is C12H20NS2+. The zero-order valence-corrected chi connectivity index (χ0v) is 11.5. The van der Waals surface area contributed by atoms with Crippen LogP contribution in [0.2, 0.25) is 0 Å². The van der Waals surface area contributed by atoms with Crippen LogP contribution in [0.4, 0.5) is 0 Å². The molecule has 0 N–H and O–H groups in total. The molecule has 0 saturated carbocycles. The molecule has 2 aliphatic heterocycles. The highest BCUT2D eigenvalue weighted by Gasteiger charge is 2.32. The third-order valence-electron chi connectivity index (χ3n) is 2.98. The van der Waals surface area contributed by atoms with E-state index in [-0.39, 0.29) is 0 Å². The predicted octanol–water partition coefficient (Wildman–Crippen LogP) is 3.35. The Bertz CT molecular complexity index is 308. The van der Waals surface area contributed by atoms with Crippen molar-refractivity contribution in [3.05, 3.63) is 10.3 Å². The van der Waals surface area contributed by atoms with E-state index in [1.54, 1.807) is 5.71 Å². The summed E-state index contributed by atoms with van der Waals surface area (Å²) in [6.45, 7) is 7.26. The van der Waals surface area contributed by atoms with Gasteiger partial charge in [0.25, 0.3) is 0 Å². The molecule has 84 valence electrons. The summed E-state index contributed by atoms with van der Waals surface area (Å²) in [6, 6.07) is 0. The van der Waals surface area contributed by atoms with Crippen LogP contribution >= 0.6 is 23.5 Å². The van der Waals surface area contributed by atoms with Crippen molar-refractivity contribution < 1.29 is 4.58 Å². The molecule has 1 saturated heterocycles. The van der Waals surface area contributed by atoms with Crippen molar-refractivity contribution in [3.8, 4) is 0 Å². The zero-order chi connectivity index (χ0) is 10.9. The standard InChI is InChI=1S/C12H20NS2/c1-12(2)9-10(8-11(14-3)15-12)13-6-4-5-7-13/h8H,4-7,9H2,1-3H3/q+1. The van der Waals surface area contributed by atoms with E-state index in [9.17, 15) is 0 Å². The summed E-state index contributed by atoms with van der Waals surface area (Å²) in [5.74, 6) is 0. The van der Waals surface area contributed by atoms with E-state index in [4.69, 9.17) is 0 Å². The molecule has 0 aromatic heterocycles. The van der Waals surface area contributed by atoms with E-state index in [0.29, 0.717) is 4.75 Å². The lowest BCUT2D eigenvalue weighted by atomic mass is 10.0. The highest BCUT2D eigenvalue weighted by atomic mass is 32.2. The Morgan fingerprint density at radius 2 is 2.00 bits per heavy atom. The van der Waals surface area contributed by atoms with Gasteiger partial charge in [0, 0.05) is 34.3 Å². The molecule has 1 fully saturated rings. The van der Waals surface area contributed by atoms with Gasteiger partial charge in [0.15, 0.2) is 5.71 Å². The second kappa shape index (κ2) is 4.54. The van der Waals surface area contributed by atoms with Crippen LogP contribution in [-0.2, 0) is 0 Å². The molecule has 0 aliphatic carbocycles. The number of nitrogens with zero attached hydrogens (tertiary/aromatic N) is 1. The Morgan fingerprint density at radius 3 is 2.60 bits per heavy atom. The van der Waals surface area contributed by atoms with Crippen LogP contribution in [0.25, 0.3) is 0 Å². The molecule has 0 aromatic carbocycles. The first-order valence-corrected chi connectivity index (χ1v) is 7.70. The number of rotatable bonds is 1. The fourth-order valence-electron chi connectivity index (χ4n) is 2.27. The van der Waals surface area contributed by atoms with Crippen molar-refractivity contribution in [3.63, 3.8) is 0 Å². The quantitative estimate of drug-likeness (QED) is 0.649. The summed E-state index contributed by atoms with van der Waals surface area (Å²) in [6.07, 6.45) is 8.56. The monoisotopic (exact) mass is 242 g/mol. The summed E-state index contributed by atoms with van der Waals surface area (Å²) in [4.78, 5) is 0. The van der Waals surface area contributed by atoms with E-state index in [2.05, 4.69) is 30.8 Å². The molecule has 0 atom stereocenters. The molecule has 0 aromatic rings. The molecule has 0 amide bonds. The number of allylic oxidation sites excluding steroid dienone is 1. The van der Waals surface area contributed by atoms with E-state index >= 15 is 0 Å². The summed E-state index contributed by atoms with van der Waals surface area (Å²) < 4.78 is 4.44. The topological polar surface area (TPSA) is 3.01 Å². The smallest absolute Gasteiger partial charge is 0.179 e. The molecule has 0 bridgehead atoms. The third-order valence-corrected chi connectivity index (χ3v) is 5.27. The van der Waals surface area contributed by atoms with Crippen LogP contribution in [-0.4, -0.2) is 34.4 Å². The van der Waals surface area contributed by atoms with E-state index in [1.165, 1.54) is 36.6 Å². The fraction of sp³-hybridized carbons (Fsp3) is 0.750. The van der Waals surface area contributed by atoms with Gasteiger partial charge >= 0.3 is 0 Å². The van der Waals surface area contributed by atoms with Crippen LogP contribution in [0.1, 0.15) is 33.1 Å². The van der Waals surface area contributed by atoms with Crippen molar-refractivity contribution in [1.82, 2.24) is 0 Å². The third kappa shape index (κ3) is 2.82. The van der Waals surface area contributed by atoms with Crippen molar-refractivity contribution in [2.24, 2.45) is 0 Å². The Labute approximate surface area is 101 Å². The van der Waals surface area contributed by atoms with Gasteiger partial charge in [-0.05, 0) is 20.1 Å². The van der Waals surface area contributed by atoms with Gasteiger partial charge in [0.05, 0.1) is 0 Å². The van der Waals surface area contributed by atoms with Crippen molar-refractivity contribution in [2.45, 2.75) is 37.9 Å². The highest BCUT2D eigenvalue weighted by molar-refractivity contribution is 8.22. The molecule has 2 heterocycles. The van der Waals surface area contributed by atoms with Gasteiger partial charge in [-0.1, -0.05) is 0 Å². The molecule has 3 heteroatoms. The minimum absolute atomic E-state index is 0.380. The number of hydrogen-bond acceptors (Lipinski definition) is 2. The lowest BCUT2D eigenvalue weighted by Crippen LogP contribution is -2.29. The van der Waals surface area contributed by atoms with Gasteiger partial charge in [-0.2, -0.15) is 0 Å². The lowest BCUT2D eigenvalue weighted by Gasteiger charge is -2.27. The first-order chi connectivity index (χ1) is 7.11. The first-order valence-electron chi connectivity index (χ1n) is 5.66. The lowest BCUT2D eigenvalue weighted by molar-refractivity contribution is -0.506. The predicted molar refractivity (Wildman–Crippen MR) is 72.1 cm³/mol. The molecule has 1 nitrogen and oxygen atoms in total. The maximum atomic E-state index is 2.58. The van der Waals surface area contributed by atoms with Gasteiger partial charge in [-0.25, -0.2) is 4.58 Å². The first kappa shape index (κ1) is 11.6. The Balaban J connectivity index is 2.28. The molecular weight excluding hydrogens is 222 g/mol. The molecule has 0 spiro atoms. The molecule has 0 unspecified atom stereocenters. The minimum Gasteiger partial charge on any atom is -0.233 e. The Kier molecular flexibility index (Phi) is 3.51. The van der Waals surface area contributed by atoms with Crippen LogP contribution in [0.3, 0.4) is 0 Å². The minimum atomic E-state index is 0.380. The summed E-state index contributed by atoms with van der Waals surface area (Å²) in [7, 11) is 0. The van der Waals surface area contributed by atoms with Gasteiger partial charge in [-0.15, -0.1) is 23.5 Å². The van der Waals surface area contributed by atoms with Crippen molar-refractivity contribution >= 4 is 29.2 Å². The highest BCUT2D eigenvalue weighted by Crippen LogP contribution is 2.43. The Morgan fingerprint density at radius 1 is 1.33 bits per heavy atom. The molecule has 0 radical (unpaired) electrons. The maximum Gasteiger partial charge on any atom is 0.179 e. The van der Waals surface area contributed by atoms with E-state index < -0.39 is 0 Å². The van der Waals surface area contributed by atoms with E-state index in [0.717, 1.165) is 0 Å². The van der Waals surface area contributed by atoms with Crippen LogP contribution in [0, 0.1) is 0 Å². The number of hydrogen-bond donors (Lipinski definition) is 0. The molecule has 15 heavy (non-hydrogen) atoms. The largest absolute Gasteiger partial charge is 0.233 e. The average molecular weight is 242 g/mol. The summed E-state index contributed by atoms with van der Waals surface area (Å²) >= 11 is 3.91. The fourth-order valence-corrected chi connectivity index (χ4v) is 4.49. The maximum absolute atomic E-state index is 2.58. The number of thioether (sulfide) groups is 2. The van der Waals surface area contributed by atoms with Gasteiger partial charge in [0.1, 0.15) is 13.1 Å². The second-order valence-electron chi connectivity index (χ2n) is 4.89. The van der Waals surface area contributed by atoms with Gasteiger partial charge in [0.2, 0.25) is 0 Å². The molecule has 2 rings (SSSR count). The van der Waals surface area contributed by atoms with Crippen LogP contribution < -0.4 is 0 Å². The summed E-state index contributed by atoms with van der Waals surface area (Å²) in [5.41, 5.74) is 1.57. The van der Waals surface area contributed by atoms with Crippen molar-refractivity contribution in [2.75, 3.05) is 19.3 Å². The van der Waals surface area contributed by atoms with Crippen LogP contribution in [0.5, 0.6) is 0 Å². The normalized spacial score (nSPS) is 25.7. The second-order valence-corrected chi connectivity index (χ2v) is 7.75. The average Bonchev–Trinajstić information content (AvgIpc) is 2.68. The van der Waals surface area contributed by atoms with Crippen LogP contribution in [0.15, 0.2) is 10.3 Å². The Hall–Kier alpha value is 0.110. The zero-order valence-electron chi connectivity index (χ0n) is 9.88. The van der Waals surface area contributed by atoms with Gasteiger partial charge in [-0.3, -0.25) is 0 Å². The summed E-state index contributed by atoms with van der Waals surface area (Å²) in [5, 5.41) is 0. The van der Waals surface area contributed by atoms with Crippen molar-refractivity contribution in [1.29, 1.82) is 0 Å². The van der Waals surface area contributed by atoms with E-state index in [1.807, 2.05) is 23.5 Å².